The van der Waals surface area contributed by atoms with Gasteiger partial charge in [0.2, 0.25) is 5.91 Å². The zero-order valence-electron chi connectivity index (χ0n) is 16.6. The lowest BCUT2D eigenvalue weighted by molar-refractivity contribution is -0.120. The molecule has 29 heavy (non-hydrogen) atoms. The summed E-state index contributed by atoms with van der Waals surface area (Å²) in [7, 11) is 1.63. The van der Waals surface area contributed by atoms with Crippen LogP contribution in [0.1, 0.15) is 28.5 Å². The summed E-state index contributed by atoms with van der Waals surface area (Å²) in [6, 6.07) is 20.1. The minimum absolute atomic E-state index is 0.00383. The van der Waals surface area contributed by atoms with Crippen molar-refractivity contribution >= 4 is 5.91 Å². The van der Waals surface area contributed by atoms with Gasteiger partial charge in [0.25, 0.3) is 0 Å². The minimum Gasteiger partial charge on any atom is -0.497 e. The smallest absolute Gasteiger partial charge is 0.224 e. The summed E-state index contributed by atoms with van der Waals surface area (Å²) in [6.45, 7) is 2.32. The molecule has 1 N–H and O–H groups in total. The molecule has 5 nitrogen and oxygen atoms in total. The predicted octanol–water partition coefficient (Wildman–Crippen LogP) is 3.75. The van der Waals surface area contributed by atoms with Crippen molar-refractivity contribution in [2.24, 2.45) is 0 Å². The maximum absolute atomic E-state index is 12.5. The van der Waals surface area contributed by atoms with E-state index in [9.17, 15) is 4.79 Å². The molecular formula is C24H26N2O3. The summed E-state index contributed by atoms with van der Waals surface area (Å²) in [6.07, 6.45) is 3.05. The molecule has 150 valence electrons. The first-order valence-corrected chi connectivity index (χ1v) is 9.97. The molecule has 0 spiro atoms. The van der Waals surface area contributed by atoms with Gasteiger partial charge in [0.1, 0.15) is 11.5 Å². The molecular weight excluding hydrogens is 364 g/mol. The second-order valence-electron chi connectivity index (χ2n) is 7.35. The molecule has 2 aromatic carbocycles. The van der Waals surface area contributed by atoms with Crippen LogP contribution in [-0.4, -0.2) is 31.0 Å². The summed E-state index contributed by atoms with van der Waals surface area (Å²) < 4.78 is 10.9. The number of hydrogen-bond donors (Lipinski definition) is 1. The molecule has 1 unspecified atom stereocenters. The lowest BCUT2D eigenvalue weighted by atomic mass is 9.98. The highest BCUT2D eigenvalue weighted by Crippen LogP contribution is 2.28. The highest BCUT2D eigenvalue weighted by atomic mass is 16.5. The maximum Gasteiger partial charge on any atom is 0.224 e. The van der Waals surface area contributed by atoms with E-state index >= 15 is 0 Å². The Balaban J connectivity index is 1.41. The van der Waals surface area contributed by atoms with Crippen LogP contribution in [0.2, 0.25) is 0 Å². The predicted molar refractivity (Wildman–Crippen MR) is 112 cm³/mol. The van der Waals surface area contributed by atoms with E-state index in [0.29, 0.717) is 13.0 Å². The lowest BCUT2D eigenvalue weighted by Gasteiger charge is -2.34. The molecule has 3 aromatic rings. The fourth-order valence-corrected chi connectivity index (χ4v) is 3.88. The fourth-order valence-electron chi connectivity index (χ4n) is 3.88. The van der Waals surface area contributed by atoms with E-state index in [0.717, 1.165) is 36.6 Å². The standard InChI is InChI=1S/C24H26N2O3/c1-28-21-10-8-18(9-11-21)15-24(27)25-16-22(23-7-4-14-29-23)26-13-12-19-5-2-3-6-20(19)17-26/h2-11,14,22H,12-13,15-17H2,1H3,(H,25,27). The van der Waals surface area contributed by atoms with Crippen molar-refractivity contribution in [1.82, 2.24) is 10.2 Å². The first-order chi connectivity index (χ1) is 14.2. The van der Waals surface area contributed by atoms with Crippen molar-refractivity contribution in [3.05, 3.63) is 89.4 Å². The second kappa shape index (κ2) is 8.97. The number of amides is 1. The zero-order valence-corrected chi connectivity index (χ0v) is 16.6. The largest absolute Gasteiger partial charge is 0.497 e. The number of hydrogen-bond acceptors (Lipinski definition) is 4. The van der Waals surface area contributed by atoms with Crippen LogP contribution in [0, 0.1) is 0 Å². The van der Waals surface area contributed by atoms with Crippen LogP contribution in [0.25, 0.3) is 0 Å². The molecule has 1 amide bonds. The maximum atomic E-state index is 12.5. The Morgan fingerprint density at radius 2 is 1.90 bits per heavy atom. The van der Waals surface area contributed by atoms with Gasteiger partial charge in [0, 0.05) is 19.6 Å². The summed E-state index contributed by atoms with van der Waals surface area (Å²) in [5.41, 5.74) is 3.72. The molecule has 1 aromatic heterocycles. The molecule has 5 heteroatoms. The summed E-state index contributed by atoms with van der Waals surface area (Å²) in [5, 5.41) is 3.10. The highest BCUT2D eigenvalue weighted by molar-refractivity contribution is 5.78. The quantitative estimate of drug-likeness (QED) is 0.668. The van der Waals surface area contributed by atoms with Gasteiger partial charge < -0.3 is 14.5 Å². The SMILES string of the molecule is COc1ccc(CC(=O)NCC(c2ccco2)N2CCc3ccccc3C2)cc1. The van der Waals surface area contributed by atoms with Crippen LogP contribution >= 0.6 is 0 Å². The van der Waals surface area contributed by atoms with Crippen LogP contribution in [0.15, 0.2) is 71.3 Å². The molecule has 1 aliphatic rings. The average molecular weight is 390 g/mol. The van der Waals surface area contributed by atoms with Crippen LogP contribution in [0.5, 0.6) is 5.75 Å². The van der Waals surface area contributed by atoms with Crippen molar-refractivity contribution in [1.29, 1.82) is 0 Å². The Bertz CT molecular complexity index is 935. The van der Waals surface area contributed by atoms with Crippen molar-refractivity contribution in [3.8, 4) is 5.75 Å². The first kappa shape index (κ1) is 19.3. The lowest BCUT2D eigenvalue weighted by Crippen LogP contribution is -2.40. The molecule has 0 radical (unpaired) electrons. The van der Waals surface area contributed by atoms with Gasteiger partial charge in [-0.3, -0.25) is 9.69 Å². The van der Waals surface area contributed by atoms with E-state index in [4.69, 9.17) is 9.15 Å². The van der Waals surface area contributed by atoms with Crippen LogP contribution in [0.4, 0.5) is 0 Å². The van der Waals surface area contributed by atoms with Crippen molar-refractivity contribution in [2.75, 3.05) is 20.2 Å². The van der Waals surface area contributed by atoms with Gasteiger partial charge in [-0.05, 0) is 47.4 Å². The van der Waals surface area contributed by atoms with E-state index in [2.05, 4.69) is 34.5 Å². The van der Waals surface area contributed by atoms with Gasteiger partial charge in [-0.15, -0.1) is 0 Å². The van der Waals surface area contributed by atoms with Gasteiger partial charge in [0.15, 0.2) is 0 Å². The van der Waals surface area contributed by atoms with Gasteiger partial charge in [-0.25, -0.2) is 0 Å². The molecule has 0 saturated heterocycles. The number of carbonyl (C=O) groups is 1. The Kier molecular flexibility index (Phi) is 5.96. The van der Waals surface area contributed by atoms with Crippen LogP contribution in [0.3, 0.4) is 0 Å². The van der Waals surface area contributed by atoms with E-state index in [1.807, 2.05) is 36.4 Å². The third-order valence-corrected chi connectivity index (χ3v) is 5.49. The molecule has 1 aliphatic heterocycles. The molecule has 0 aliphatic carbocycles. The third-order valence-electron chi connectivity index (χ3n) is 5.49. The van der Waals surface area contributed by atoms with E-state index in [-0.39, 0.29) is 11.9 Å². The number of rotatable bonds is 7. The molecule has 2 heterocycles. The number of methoxy groups -OCH3 is 1. The van der Waals surface area contributed by atoms with Crippen LogP contribution < -0.4 is 10.1 Å². The number of benzene rings is 2. The molecule has 1 atom stereocenters. The highest BCUT2D eigenvalue weighted by Gasteiger charge is 2.27. The van der Waals surface area contributed by atoms with Crippen molar-refractivity contribution < 1.29 is 13.9 Å². The minimum atomic E-state index is 0.00383. The van der Waals surface area contributed by atoms with Gasteiger partial charge in [0.05, 0.1) is 25.8 Å². The monoisotopic (exact) mass is 390 g/mol. The topological polar surface area (TPSA) is 54.7 Å². The second-order valence-corrected chi connectivity index (χ2v) is 7.35. The zero-order chi connectivity index (χ0) is 20.1. The number of nitrogens with one attached hydrogen (secondary N) is 1. The average Bonchev–Trinajstić information content (AvgIpc) is 3.29. The number of furan rings is 1. The Hall–Kier alpha value is -3.05. The number of nitrogens with zero attached hydrogens (tertiary/aromatic N) is 1. The molecule has 0 saturated carbocycles. The van der Waals surface area contributed by atoms with Gasteiger partial charge in [-0.2, -0.15) is 0 Å². The van der Waals surface area contributed by atoms with Crippen molar-refractivity contribution in [2.45, 2.75) is 25.4 Å². The van der Waals surface area contributed by atoms with Gasteiger partial charge >= 0.3 is 0 Å². The third kappa shape index (κ3) is 4.69. The summed E-state index contributed by atoms with van der Waals surface area (Å²) in [5.74, 6) is 1.68. The Labute approximate surface area is 171 Å². The summed E-state index contributed by atoms with van der Waals surface area (Å²) in [4.78, 5) is 14.9. The number of fused-ring (bicyclic) bond motifs is 1. The first-order valence-electron chi connectivity index (χ1n) is 9.97. The molecule has 0 fully saturated rings. The van der Waals surface area contributed by atoms with E-state index < -0.39 is 0 Å². The normalized spacial score (nSPS) is 14.8. The molecule has 4 rings (SSSR count). The summed E-state index contributed by atoms with van der Waals surface area (Å²) >= 11 is 0. The Morgan fingerprint density at radius 1 is 1.10 bits per heavy atom. The Morgan fingerprint density at radius 3 is 2.62 bits per heavy atom. The van der Waals surface area contributed by atoms with Crippen LogP contribution in [-0.2, 0) is 24.2 Å². The number of carbonyl (C=O) groups excluding carboxylic acids is 1. The molecule has 0 bridgehead atoms. The van der Waals surface area contributed by atoms with Crippen molar-refractivity contribution in [3.63, 3.8) is 0 Å². The van der Waals surface area contributed by atoms with E-state index in [1.54, 1.807) is 13.4 Å². The van der Waals surface area contributed by atoms with E-state index in [1.165, 1.54) is 11.1 Å². The fraction of sp³-hybridized carbons (Fsp3) is 0.292. The van der Waals surface area contributed by atoms with Gasteiger partial charge in [-0.1, -0.05) is 36.4 Å². The number of ether oxygens (including phenoxy) is 1.